The molecule has 3 aromatic rings. The zero-order valence-corrected chi connectivity index (χ0v) is 12.1. The minimum Gasteiger partial charge on any atom is -0.389 e. The van der Waals surface area contributed by atoms with E-state index in [2.05, 4.69) is 33.3 Å². The maximum Gasteiger partial charge on any atom is 0.113 e. The number of hydrogen-bond acceptors (Lipinski definition) is 3. The molecule has 0 fully saturated rings. The summed E-state index contributed by atoms with van der Waals surface area (Å²) in [6, 6.07) is 8.09. The van der Waals surface area contributed by atoms with E-state index < -0.39 is 0 Å². The molecule has 0 bridgehead atoms. The van der Waals surface area contributed by atoms with Gasteiger partial charge in [-0.15, -0.1) is 11.3 Å². The van der Waals surface area contributed by atoms with Gasteiger partial charge in [0.05, 0.1) is 6.54 Å². The smallest absolute Gasteiger partial charge is 0.113 e. The van der Waals surface area contributed by atoms with Crippen LogP contribution < -0.4 is 5.73 Å². The Kier molecular flexibility index (Phi) is 3.08. The van der Waals surface area contributed by atoms with Crippen molar-refractivity contribution in [3.05, 3.63) is 52.1 Å². The average Bonchev–Trinajstić information content (AvgIpc) is 2.97. The van der Waals surface area contributed by atoms with Crippen molar-refractivity contribution in [2.45, 2.75) is 13.5 Å². The Bertz CT molecular complexity index is 755. The van der Waals surface area contributed by atoms with E-state index in [1.165, 1.54) is 0 Å². The summed E-state index contributed by atoms with van der Waals surface area (Å²) in [6.07, 6.45) is 2.06. The van der Waals surface area contributed by atoms with Gasteiger partial charge in [-0.2, -0.15) is 0 Å². The Morgan fingerprint density at radius 2 is 2.26 bits per heavy atom. The molecule has 0 radical (unpaired) electrons. The first kappa shape index (κ1) is 12.3. The molecule has 0 spiro atoms. The summed E-state index contributed by atoms with van der Waals surface area (Å²) in [4.78, 5) is 4.94. The molecule has 2 heterocycles. The van der Waals surface area contributed by atoms with Gasteiger partial charge in [0.25, 0.3) is 0 Å². The fourth-order valence-corrected chi connectivity index (χ4v) is 3.14. The van der Waals surface area contributed by atoms with Crippen molar-refractivity contribution in [1.82, 2.24) is 9.55 Å². The third kappa shape index (κ3) is 2.27. The van der Waals surface area contributed by atoms with Crippen LogP contribution in [-0.2, 0) is 6.54 Å². The number of aromatic nitrogens is 2. The van der Waals surface area contributed by atoms with Gasteiger partial charge in [-0.25, -0.2) is 4.98 Å². The summed E-state index contributed by atoms with van der Waals surface area (Å²) in [5.74, 6) is 0. The van der Waals surface area contributed by atoms with E-state index in [-0.39, 0.29) is 0 Å². The monoisotopic (exact) mass is 287 g/mol. The number of aryl methyl sites for hydroxylation is 1. The fraction of sp³-hybridized carbons (Fsp3) is 0.143. The predicted molar refractivity (Wildman–Crippen MR) is 83.8 cm³/mol. The summed E-state index contributed by atoms with van der Waals surface area (Å²) in [5.41, 5.74) is 8.90. The molecule has 0 unspecified atom stereocenters. The third-order valence-electron chi connectivity index (χ3n) is 3.05. The van der Waals surface area contributed by atoms with Gasteiger partial charge in [0, 0.05) is 33.7 Å². The number of nitrogens with two attached hydrogens (primary N) is 1. The Balaban J connectivity index is 2.06. The molecule has 1 aromatic carbocycles. The summed E-state index contributed by atoms with van der Waals surface area (Å²) in [5, 5.41) is 4.28. The minimum atomic E-state index is 0.438. The third-order valence-corrected chi connectivity index (χ3v) is 4.22. The van der Waals surface area contributed by atoms with Crippen molar-refractivity contribution in [3.63, 3.8) is 0 Å². The van der Waals surface area contributed by atoms with E-state index in [0.29, 0.717) is 4.99 Å². The normalized spacial score (nSPS) is 11.0. The Morgan fingerprint density at radius 3 is 2.95 bits per heavy atom. The molecule has 2 N–H and O–H groups in total. The molecule has 5 heteroatoms. The van der Waals surface area contributed by atoms with Crippen LogP contribution in [0.3, 0.4) is 0 Å². The molecule has 0 amide bonds. The van der Waals surface area contributed by atoms with Crippen LogP contribution >= 0.6 is 23.6 Å². The van der Waals surface area contributed by atoms with Gasteiger partial charge in [0.1, 0.15) is 10.00 Å². The van der Waals surface area contributed by atoms with E-state index in [1.807, 2.05) is 19.1 Å². The van der Waals surface area contributed by atoms with Crippen molar-refractivity contribution in [1.29, 1.82) is 0 Å². The number of nitrogens with zero attached hydrogens (tertiary/aromatic N) is 2. The summed E-state index contributed by atoms with van der Waals surface area (Å²) >= 11 is 6.77. The molecule has 0 saturated heterocycles. The van der Waals surface area contributed by atoms with Crippen molar-refractivity contribution in [2.24, 2.45) is 5.73 Å². The molecule has 0 aliphatic heterocycles. The highest BCUT2D eigenvalue weighted by Crippen LogP contribution is 2.22. The van der Waals surface area contributed by atoms with Crippen molar-refractivity contribution < 1.29 is 0 Å². The number of thiazole rings is 1. The maximum atomic E-state index is 5.76. The number of rotatable bonds is 3. The molecule has 0 atom stereocenters. The highest BCUT2D eigenvalue weighted by atomic mass is 32.1. The first-order valence-corrected chi connectivity index (χ1v) is 7.22. The fourth-order valence-electron chi connectivity index (χ4n) is 2.20. The highest BCUT2D eigenvalue weighted by molar-refractivity contribution is 7.80. The summed E-state index contributed by atoms with van der Waals surface area (Å²) in [6.45, 7) is 2.79. The minimum absolute atomic E-state index is 0.438. The molecular formula is C14H13N3S2. The standard InChI is InChI=1S/C14H13N3S2/c1-9-8-19-13(16-9)7-17-6-5-10-11(14(15)18)3-2-4-12(10)17/h2-6,8H,7H2,1H3,(H2,15,18). The summed E-state index contributed by atoms with van der Waals surface area (Å²) < 4.78 is 2.18. The van der Waals surface area contributed by atoms with E-state index >= 15 is 0 Å². The lowest BCUT2D eigenvalue weighted by Crippen LogP contribution is -2.09. The van der Waals surface area contributed by atoms with Gasteiger partial charge in [0.2, 0.25) is 0 Å². The van der Waals surface area contributed by atoms with Crippen LogP contribution in [-0.4, -0.2) is 14.5 Å². The van der Waals surface area contributed by atoms with Crippen LogP contribution in [0.25, 0.3) is 10.9 Å². The lowest BCUT2D eigenvalue weighted by Gasteiger charge is -2.05. The van der Waals surface area contributed by atoms with E-state index in [1.54, 1.807) is 11.3 Å². The van der Waals surface area contributed by atoms with Gasteiger partial charge >= 0.3 is 0 Å². The quantitative estimate of drug-likeness (QED) is 0.753. The number of hydrogen-bond donors (Lipinski definition) is 1. The van der Waals surface area contributed by atoms with Gasteiger partial charge in [0.15, 0.2) is 0 Å². The predicted octanol–water partition coefficient (Wildman–Crippen LogP) is 3.09. The van der Waals surface area contributed by atoms with Crippen molar-refractivity contribution in [3.8, 4) is 0 Å². The Labute approximate surface area is 120 Å². The highest BCUT2D eigenvalue weighted by Gasteiger charge is 2.08. The molecule has 3 nitrogen and oxygen atoms in total. The first-order valence-electron chi connectivity index (χ1n) is 5.94. The Hall–Kier alpha value is -1.72. The molecule has 0 saturated carbocycles. The lowest BCUT2D eigenvalue weighted by atomic mass is 10.1. The van der Waals surface area contributed by atoms with Crippen LogP contribution in [0.15, 0.2) is 35.8 Å². The average molecular weight is 287 g/mol. The SMILES string of the molecule is Cc1csc(Cn2ccc3c(C(N)=S)cccc32)n1. The second-order valence-electron chi connectivity index (χ2n) is 4.43. The van der Waals surface area contributed by atoms with Crippen LogP contribution in [0.4, 0.5) is 0 Å². The van der Waals surface area contributed by atoms with Gasteiger partial charge in [-0.05, 0) is 19.1 Å². The molecular weight excluding hydrogens is 274 g/mol. The topological polar surface area (TPSA) is 43.8 Å². The van der Waals surface area contributed by atoms with Crippen LogP contribution in [0, 0.1) is 6.92 Å². The van der Waals surface area contributed by atoms with Crippen LogP contribution in [0.5, 0.6) is 0 Å². The molecule has 3 rings (SSSR count). The second kappa shape index (κ2) is 4.75. The molecule has 0 aliphatic rings. The Morgan fingerprint density at radius 1 is 1.42 bits per heavy atom. The molecule has 19 heavy (non-hydrogen) atoms. The second-order valence-corrected chi connectivity index (χ2v) is 5.81. The number of fused-ring (bicyclic) bond motifs is 1. The van der Waals surface area contributed by atoms with Crippen LogP contribution in [0.1, 0.15) is 16.3 Å². The first-order chi connectivity index (χ1) is 9.15. The van der Waals surface area contributed by atoms with E-state index in [9.17, 15) is 0 Å². The zero-order chi connectivity index (χ0) is 13.4. The van der Waals surface area contributed by atoms with Gasteiger partial charge in [-0.1, -0.05) is 24.4 Å². The lowest BCUT2D eigenvalue weighted by molar-refractivity contribution is 0.825. The van der Waals surface area contributed by atoms with Gasteiger partial charge < -0.3 is 10.3 Å². The van der Waals surface area contributed by atoms with Crippen molar-refractivity contribution >= 4 is 39.4 Å². The van der Waals surface area contributed by atoms with Gasteiger partial charge in [-0.3, -0.25) is 0 Å². The molecule has 2 aromatic heterocycles. The maximum absolute atomic E-state index is 5.76. The zero-order valence-electron chi connectivity index (χ0n) is 10.5. The molecule has 0 aliphatic carbocycles. The van der Waals surface area contributed by atoms with E-state index in [4.69, 9.17) is 18.0 Å². The summed E-state index contributed by atoms with van der Waals surface area (Å²) in [7, 11) is 0. The largest absolute Gasteiger partial charge is 0.389 e. The van der Waals surface area contributed by atoms with Crippen LogP contribution in [0.2, 0.25) is 0 Å². The van der Waals surface area contributed by atoms with Crippen molar-refractivity contribution in [2.75, 3.05) is 0 Å². The number of thiocarbonyl (C=S) groups is 1. The molecule has 96 valence electrons. The van der Waals surface area contributed by atoms with E-state index in [0.717, 1.165) is 33.7 Å². The number of benzene rings is 1.